The second kappa shape index (κ2) is 7.66. The molecule has 0 unspecified atom stereocenters. The predicted molar refractivity (Wildman–Crippen MR) is 76.9 cm³/mol. The summed E-state index contributed by atoms with van der Waals surface area (Å²) in [5.41, 5.74) is 1.84. The maximum absolute atomic E-state index is 11.4. The molecule has 21 heavy (non-hydrogen) atoms. The lowest BCUT2D eigenvalue weighted by molar-refractivity contribution is -0.142. The molecule has 2 aromatic rings. The van der Waals surface area contributed by atoms with Crippen LogP contribution in [-0.2, 0) is 16.0 Å². The Labute approximate surface area is 123 Å². The molecule has 112 valence electrons. The van der Waals surface area contributed by atoms with Gasteiger partial charge in [0, 0.05) is 13.2 Å². The van der Waals surface area contributed by atoms with Crippen molar-refractivity contribution in [2.45, 2.75) is 26.7 Å². The minimum absolute atomic E-state index is 0.380. The Hall–Kier alpha value is -2.05. The van der Waals surface area contributed by atoms with E-state index in [2.05, 4.69) is 10.3 Å². The van der Waals surface area contributed by atoms with E-state index in [-0.39, 0.29) is 0 Å². The van der Waals surface area contributed by atoms with E-state index < -0.39 is 6.29 Å². The lowest BCUT2D eigenvalue weighted by Crippen LogP contribution is -2.13. The summed E-state index contributed by atoms with van der Waals surface area (Å²) in [5, 5.41) is 8.10. The lowest BCUT2D eigenvalue weighted by Gasteiger charge is -2.14. The van der Waals surface area contributed by atoms with Crippen LogP contribution in [0, 0.1) is 0 Å². The second-order valence-electron chi connectivity index (χ2n) is 4.36. The first-order valence-corrected chi connectivity index (χ1v) is 6.95. The molecule has 0 aliphatic heterocycles. The average Bonchev–Trinajstić information content (AvgIpc) is 2.90. The second-order valence-corrected chi connectivity index (χ2v) is 4.36. The van der Waals surface area contributed by atoms with Crippen LogP contribution in [0.25, 0.3) is 0 Å². The van der Waals surface area contributed by atoms with E-state index in [0.717, 1.165) is 11.8 Å². The van der Waals surface area contributed by atoms with Gasteiger partial charge in [0.2, 0.25) is 6.29 Å². The topological polar surface area (TPSA) is 66.2 Å². The Kier molecular flexibility index (Phi) is 5.59. The summed E-state index contributed by atoms with van der Waals surface area (Å²) in [6.07, 6.45) is 0.0771. The Bertz CT molecular complexity index is 563. The smallest absolute Gasteiger partial charge is 0.205 e. The Morgan fingerprint density at radius 1 is 1.19 bits per heavy atom. The van der Waals surface area contributed by atoms with Gasteiger partial charge in [-0.2, -0.15) is 0 Å². The fraction of sp³-hybridized carbons (Fsp3) is 0.400. The maximum Gasteiger partial charge on any atom is 0.205 e. The quantitative estimate of drug-likeness (QED) is 0.550. The number of nitrogens with zero attached hydrogens (tertiary/aromatic N) is 3. The summed E-state index contributed by atoms with van der Waals surface area (Å²) >= 11 is 0. The molecular formula is C15H19N3O3. The zero-order valence-electron chi connectivity index (χ0n) is 12.2. The van der Waals surface area contributed by atoms with Crippen molar-refractivity contribution in [1.29, 1.82) is 0 Å². The van der Waals surface area contributed by atoms with E-state index in [1.165, 1.54) is 0 Å². The molecule has 1 aromatic heterocycles. The highest BCUT2D eigenvalue weighted by Gasteiger charge is 2.22. The molecule has 0 fully saturated rings. The third kappa shape index (κ3) is 3.74. The van der Waals surface area contributed by atoms with Crippen molar-refractivity contribution >= 4 is 6.29 Å². The molecule has 0 saturated carbocycles. The molecular weight excluding hydrogens is 270 g/mol. The summed E-state index contributed by atoms with van der Waals surface area (Å²) in [4.78, 5) is 11.4. The van der Waals surface area contributed by atoms with Crippen LogP contribution in [-0.4, -0.2) is 34.5 Å². The third-order valence-electron chi connectivity index (χ3n) is 2.95. The van der Waals surface area contributed by atoms with Gasteiger partial charge in [-0.1, -0.05) is 35.5 Å². The number of aldehydes is 1. The zero-order valence-corrected chi connectivity index (χ0v) is 12.2. The van der Waals surface area contributed by atoms with E-state index in [1.54, 1.807) is 4.68 Å². The summed E-state index contributed by atoms with van der Waals surface area (Å²) < 4.78 is 12.5. The van der Waals surface area contributed by atoms with Crippen LogP contribution in [0.4, 0.5) is 0 Å². The maximum atomic E-state index is 11.4. The van der Waals surface area contributed by atoms with Crippen LogP contribution in [0.1, 0.15) is 41.9 Å². The van der Waals surface area contributed by atoms with E-state index in [9.17, 15) is 4.79 Å². The van der Waals surface area contributed by atoms with Crippen molar-refractivity contribution in [2.75, 3.05) is 13.2 Å². The van der Waals surface area contributed by atoms with Crippen LogP contribution in [0.2, 0.25) is 0 Å². The van der Waals surface area contributed by atoms with Crippen LogP contribution in [0.15, 0.2) is 30.3 Å². The first kappa shape index (κ1) is 15.3. The van der Waals surface area contributed by atoms with Crippen LogP contribution >= 0.6 is 0 Å². The highest BCUT2D eigenvalue weighted by molar-refractivity contribution is 5.73. The number of ether oxygens (including phenoxy) is 2. The van der Waals surface area contributed by atoms with Gasteiger partial charge in [0.15, 0.2) is 6.29 Å². The first-order valence-electron chi connectivity index (χ1n) is 6.95. The Balaban J connectivity index is 2.26. The van der Waals surface area contributed by atoms with Crippen LogP contribution in [0.3, 0.4) is 0 Å². The van der Waals surface area contributed by atoms with Crippen molar-refractivity contribution < 1.29 is 14.3 Å². The number of hydrogen-bond acceptors (Lipinski definition) is 5. The molecule has 0 radical (unpaired) electrons. The van der Waals surface area contributed by atoms with Crippen molar-refractivity contribution in [3.8, 4) is 0 Å². The molecule has 0 aliphatic carbocycles. The normalized spacial score (nSPS) is 11.0. The molecule has 1 heterocycles. The molecule has 2 rings (SSSR count). The average molecular weight is 289 g/mol. The van der Waals surface area contributed by atoms with E-state index in [0.29, 0.717) is 31.1 Å². The fourth-order valence-electron chi connectivity index (χ4n) is 2.00. The Morgan fingerprint density at radius 3 is 2.43 bits per heavy atom. The number of aromatic nitrogens is 3. The molecule has 0 spiro atoms. The molecule has 0 aliphatic rings. The summed E-state index contributed by atoms with van der Waals surface area (Å²) in [5.74, 6) is 0. The van der Waals surface area contributed by atoms with Gasteiger partial charge < -0.3 is 9.47 Å². The molecule has 6 heteroatoms. The van der Waals surface area contributed by atoms with E-state index >= 15 is 0 Å². The Morgan fingerprint density at radius 2 is 1.86 bits per heavy atom. The molecule has 0 atom stereocenters. The van der Waals surface area contributed by atoms with E-state index in [4.69, 9.17) is 9.47 Å². The van der Waals surface area contributed by atoms with Crippen molar-refractivity contribution in [3.05, 3.63) is 47.3 Å². The summed E-state index contributed by atoms with van der Waals surface area (Å²) in [7, 11) is 0. The third-order valence-corrected chi connectivity index (χ3v) is 2.95. The number of carbonyl (C=O) groups excluding carboxylic acids is 1. The van der Waals surface area contributed by atoms with Gasteiger partial charge in [-0.25, -0.2) is 4.68 Å². The van der Waals surface area contributed by atoms with Crippen LogP contribution in [0.5, 0.6) is 0 Å². The van der Waals surface area contributed by atoms with Crippen molar-refractivity contribution in [2.24, 2.45) is 0 Å². The summed E-state index contributed by atoms with van der Waals surface area (Å²) in [6.45, 7) is 5.14. The SMILES string of the molecule is CCOC(OCC)c1nnn(Cc2ccccc2)c1C=O. The lowest BCUT2D eigenvalue weighted by atomic mass is 10.2. The minimum Gasteiger partial charge on any atom is -0.347 e. The number of carbonyl (C=O) groups is 1. The molecule has 6 nitrogen and oxygen atoms in total. The van der Waals surface area contributed by atoms with Gasteiger partial charge in [0.1, 0.15) is 11.4 Å². The number of rotatable bonds is 8. The zero-order chi connectivity index (χ0) is 15.1. The van der Waals surface area contributed by atoms with Gasteiger partial charge in [-0.05, 0) is 19.4 Å². The van der Waals surface area contributed by atoms with Gasteiger partial charge in [-0.3, -0.25) is 4.79 Å². The largest absolute Gasteiger partial charge is 0.347 e. The van der Waals surface area contributed by atoms with Gasteiger partial charge in [0.25, 0.3) is 0 Å². The van der Waals surface area contributed by atoms with Gasteiger partial charge >= 0.3 is 0 Å². The fourth-order valence-corrected chi connectivity index (χ4v) is 2.00. The standard InChI is InChI=1S/C15H19N3O3/c1-3-20-15(21-4-2)14-13(11-19)18(17-16-14)10-12-8-6-5-7-9-12/h5-9,11,15H,3-4,10H2,1-2H3. The van der Waals surface area contributed by atoms with Gasteiger partial charge in [-0.15, -0.1) is 5.10 Å². The van der Waals surface area contributed by atoms with Crippen molar-refractivity contribution in [1.82, 2.24) is 15.0 Å². The molecule has 0 bridgehead atoms. The number of hydrogen-bond donors (Lipinski definition) is 0. The molecule has 0 N–H and O–H groups in total. The minimum atomic E-state index is -0.662. The monoisotopic (exact) mass is 289 g/mol. The van der Waals surface area contributed by atoms with E-state index in [1.807, 2.05) is 44.2 Å². The van der Waals surface area contributed by atoms with Crippen LogP contribution < -0.4 is 0 Å². The predicted octanol–water partition coefficient (Wildman–Crippen LogP) is 2.21. The molecule has 1 aromatic carbocycles. The number of benzene rings is 1. The highest BCUT2D eigenvalue weighted by atomic mass is 16.7. The first-order chi connectivity index (χ1) is 10.3. The summed E-state index contributed by atoms with van der Waals surface area (Å²) in [6, 6.07) is 9.77. The van der Waals surface area contributed by atoms with Crippen molar-refractivity contribution in [3.63, 3.8) is 0 Å². The molecule has 0 amide bonds. The van der Waals surface area contributed by atoms with Gasteiger partial charge in [0.05, 0.1) is 6.54 Å². The highest BCUT2D eigenvalue weighted by Crippen LogP contribution is 2.20. The molecule has 0 saturated heterocycles.